The van der Waals surface area contributed by atoms with E-state index in [4.69, 9.17) is 16.7 Å². The van der Waals surface area contributed by atoms with Crippen LogP contribution in [0, 0.1) is 0 Å². The number of benzene rings is 1. The van der Waals surface area contributed by atoms with Gasteiger partial charge in [-0.25, -0.2) is 9.59 Å². The molecule has 2 amide bonds. The molecule has 0 fully saturated rings. The third kappa shape index (κ3) is 4.02. The number of hydrogen-bond acceptors (Lipinski definition) is 2. The first-order valence-electron chi connectivity index (χ1n) is 4.31. The second kappa shape index (κ2) is 5.77. The fourth-order valence-electron chi connectivity index (χ4n) is 0.910. The molecule has 0 radical (unpaired) electrons. The van der Waals surface area contributed by atoms with Gasteiger partial charge in [-0.15, -0.1) is 0 Å². The van der Waals surface area contributed by atoms with E-state index in [1.54, 1.807) is 24.3 Å². The number of amides is 2. The summed E-state index contributed by atoms with van der Waals surface area (Å²) in [6.45, 7) is 0. The van der Waals surface area contributed by atoms with Crippen molar-refractivity contribution >= 4 is 29.3 Å². The number of anilines is 1. The lowest BCUT2D eigenvalue weighted by Crippen LogP contribution is -2.24. The van der Waals surface area contributed by atoms with Gasteiger partial charge in [0.25, 0.3) is 0 Å². The van der Waals surface area contributed by atoms with E-state index in [0.717, 1.165) is 12.3 Å². The maximum atomic E-state index is 11.2. The predicted octanol–water partition coefficient (Wildman–Crippen LogP) is 2.06. The number of carbonyl (C=O) groups excluding carboxylic acids is 1. The summed E-state index contributed by atoms with van der Waals surface area (Å²) in [6, 6.07) is 6.14. The summed E-state index contributed by atoms with van der Waals surface area (Å²) in [5.41, 5.74) is 0.449. The maximum Gasteiger partial charge on any atom is 0.329 e. The Kier molecular flexibility index (Phi) is 4.35. The van der Waals surface area contributed by atoms with Crippen molar-refractivity contribution in [3.8, 4) is 0 Å². The van der Waals surface area contributed by atoms with E-state index in [2.05, 4.69) is 10.6 Å². The van der Waals surface area contributed by atoms with Crippen molar-refractivity contribution in [3.63, 3.8) is 0 Å². The van der Waals surface area contributed by atoms with Crippen LogP contribution < -0.4 is 10.6 Å². The van der Waals surface area contributed by atoms with Crippen LogP contribution >= 0.6 is 11.6 Å². The van der Waals surface area contributed by atoms with Gasteiger partial charge in [-0.1, -0.05) is 23.7 Å². The standard InChI is InChI=1S/C10H9ClN2O3/c11-7-3-1-2-4-8(7)13-10(16)12-6-5-9(14)15/h1-6H,(H,14,15)(H2,12,13,16)/b6-5+. The smallest absolute Gasteiger partial charge is 0.329 e. The van der Waals surface area contributed by atoms with Gasteiger partial charge in [0.2, 0.25) is 0 Å². The molecule has 0 aliphatic heterocycles. The lowest BCUT2D eigenvalue weighted by Gasteiger charge is -2.05. The minimum Gasteiger partial charge on any atom is -0.478 e. The zero-order chi connectivity index (χ0) is 12.0. The molecule has 0 unspecified atom stereocenters. The SMILES string of the molecule is O=C(O)/C=C/NC(=O)Nc1ccccc1Cl. The molecule has 16 heavy (non-hydrogen) atoms. The first-order valence-corrected chi connectivity index (χ1v) is 4.69. The predicted molar refractivity (Wildman–Crippen MR) is 60.4 cm³/mol. The van der Waals surface area contributed by atoms with Crippen LogP contribution in [0.4, 0.5) is 10.5 Å². The Balaban J connectivity index is 2.52. The average Bonchev–Trinajstić information content (AvgIpc) is 2.21. The van der Waals surface area contributed by atoms with Crippen LogP contribution in [0.25, 0.3) is 0 Å². The molecule has 0 aliphatic carbocycles. The van der Waals surface area contributed by atoms with Gasteiger partial charge in [-0.05, 0) is 12.1 Å². The molecule has 0 saturated carbocycles. The fraction of sp³-hybridized carbons (Fsp3) is 0. The normalized spacial score (nSPS) is 10.1. The summed E-state index contributed by atoms with van der Waals surface area (Å²) in [7, 11) is 0. The third-order valence-electron chi connectivity index (χ3n) is 1.56. The topological polar surface area (TPSA) is 78.4 Å². The Bertz CT molecular complexity index is 432. The Morgan fingerprint density at radius 2 is 2.00 bits per heavy atom. The summed E-state index contributed by atoms with van der Waals surface area (Å²) >= 11 is 5.80. The van der Waals surface area contributed by atoms with Gasteiger partial charge >= 0.3 is 12.0 Å². The Labute approximate surface area is 96.7 Å². The quantitative estimate of drug-likeness (QED) is 0.708. The van der Waals surface area contributed by atoms with Gasteiger partial charge in [-0.2, -0.15) is 0 Å². The lowest BCUT2D eigenvalue weighted by atomic mass is 10.3. The van der Waals surface area contributed by atoms with Crippen LogP contribution in [0.3, 0.4) is 0 Å². The van der Waals surface area contributed by atoms with Crippen molar-refractivity contribution in [1.82, 2.24) is 5.32 Å². The van der Waals surface area contributed by atoms with Crippen molar-refractivity contribution in [2.75, 3.05) is 5.32 Å². The van der Waals surface area contributed by atoms with E-state index >= 15 is 0 Å². The Morgan fingerprint density at radius 3 is 2.62 bits per heavy atom. The monoisotopic (exact) mass is 240 g/mol. The molecule has 84 valence electrons. The van der Waals surface area contributed by atoms with Crippen LogP contribution in [-0.4, -0.2) is 17.1 Å². The molecule has 0 atom stereocenters. The highest BCUT2D eigenvalue weighted by Gasteiger charge is 2.02. The Hall–Kier alpha value is -2.01. The van der Waals surface area contributed by atoms with Gasteiger partial charge in [-0.3, -0.25) is 0 Å². The van der Waals surface area contributed by atoms with E-state index in [-0.39, 0.29) is 0 Å². The number of urea groups is 1. The molecule has 1 rings (SSSR count). The van der Waals surface area contributed by atoms with Gasteiger partial charge in [0, 0.05) is 12.3 Å². The second-order valence-corrected chi connectivity index (χ2v) is 3.16. The summed E-state index contributed by atoms with van der Waals surface area (Å²) in [6.07, 6.45) is 1.83. The zero-order valence-corrected chi connectivity index (χ0v) is 8.86. The highest BCUT2D eigenvalue weighted by atomic mass is 35.5. The van der Waals surface area contributed by atoms with Gasteiger partial charge in [0.15, 0.2) is 0 Å². The summed E-state index contributed by atoms with van der Waals surface area (Å²) in [5.74, 6) is -1.14. The highest BCUT2D eigenvalue weighted by Crippen LogP contribution is 2.19. The number of carbonyl (C=O) groups is 2. The number of para-hydroxylation sites is 1. The third-order valence-corrected chi connectivity index (χ3v) is 1.89. The van der Waals surface area contributed by atoms with Crippen molar-refractivity contribution in [2.45, 2.75) is 0 Å². The van der Waals surface area contributed by atoms with E-state index in [1.807, 2.05) is 0 Å². The van der Waals surface area contributed by atoms with E-state index < -0.39 is 12.0 Å². The molecule has 0 aromatic heterocycles. The van der Waals surface area contributed by atoms with Crippen molar-refractivity contribution < 1.29 is 14.7 Å². The number of nitrogens with one attached hydrogen (secondary N) is 2. The summed E-state index contributed by atoms with van der Waals surface area (Å²) < 4.78 is 0. The second-order valence-electron chi connectivity index (χ2n) is 2.75. The molecule has 0 bridgehead atoms. The molecule has 3 N–H and O–H groups in total. The Morgan fingerprint density at radius 1 is 1.31 bits per heavy atom. The van der Waals surface area contributed by atoms with Crippen molar-refractivity contribution in [1.29, 1.82) is 0 Å². The number of hydrogen-bond donors (Lipinski definition) is 3. The highest BCUT2D eigenvalue weighted by molar-refractivity contribution is 6.33. The molecule has 5 nitrogen and oxygen atoms in total. The van der Waals surface area contributed by atoms with E-state index in [1.165, 1.54) is 0 Å². The van der Waals surface area contributed by atoms with E-state index in [0.29, 0.717) is 10.7 Å². The first kappa shape index (κ1) is 12.1. The molecule has 0 saturated heterocycles. The summed E-state index contributed by atoms with van der Waals surface area (Å²) in [4.78, 5) is 21.3. The van der Waals surface area contributed by atoms with Crippen LogP contribution in [-0.2, 0) is 4.79 Å². The van der Waals surface area contributed by atoms with Crippen molar-refractivity contribution in [3.05, 3.63) is 41.6 Å². The van der Waals surface area contributed by atoms with Crippen molar-refractivity contribution in [2.24, 2.45) is 0 Å². The number of aliphatic carboxylic acids is 1. The minimum atomic E-state index is -1.14. The molecular formula is C10H9ClN2O3. The molecule has 1 aromatic carbocycles. The van der Waals surface area contributed by atoms with Gasteiger partial charge in [0.05, 0.1) is 10.7 Å². The van der Waals surface area contributed by atoms with Crippen LogP contribution in [0.15, 0.2) is 36.5 Å². The number of rotatable bonds is 3. The largest absolute Gasteiger partial charge is 0.478 e. The lowest BCUT2D eigenvalue weighted by molar-refractivity contribution is -0.131. The minimum absolute atomic E-state index is 0.403. The number of halogens is 1. The van der Waals surface area contributed by atoms with Crippen LogP contribution in [0.1, 0.15) is 0 Å². The first-order chi connectivity index (χ1) is 7.59. The maximum absolute atomic E-state index is 11.2. The van der Waals surface area contributed by atoms with Gasteiger partial charge < -0.3 is 15.7 Å². The molecular weight excluding hydrogens is 232 g/mol. The zero-order valence-electron chi connectivity index (χ0n) is 8.11. The average molecular weight is 241 g/mol. The van der Waals surface area contributed by atoms with Crippen LogP contribution in [0.5, 0.6) is 0 Å². The number of carboxylic acids is 1. The molecule has 1 aromatic rings. The van der Waals surface area contributed by atoms with Crippen LogP contribution in [0.2, 0.25) is 5.02 Å². The molecule has 6 heteroatoms. The number of carboxylic acid groups (broad SMARTS) is 1. The van der Waals surface area contributed by atoms with Gasteiger partial charge in [0.1, 0.15) is 0 Å². The molecule has 0 aliphatic rings. The summed E-state index contributed by atoms with van der Waals surface area (Å²) in [5, 5.41) is 13.4. The molecule has 0 heterocycles. The molecule has 0 spiro atoms. The van der Waals surface area contributed by atoms with E-state index in [9.17, 15) is 9.59 Å². The fourth-order valence-corrected chi connectivity index (χ4v) is 1.09.